The van der Waals surface area contributed by atoms with E-state index in [2.05, 4.69) is 28.1 Å². The van der Waals surface area contributed by atoms with Crippen LogP contribution in [0.1, 0.15) is 48.2 Å². The van der Waals surface area contributed by atoms with E-state index < -0.39 is 10.0 Å². The molecule has 34 heavy (non-hydrogen) atoms. The zero-order valence-corrected chi connectivity index (χ0v) is 20.4. The van der Waals surface area contributed by atoms with Gasteiger partial charge in [0.05, 0.1) is 17.9 Å². The Balaban J connectivity index is 1.43. The third-order valence-electron chi connectivity index (χ3n) is 6.30. The minimum atomic E-state index is -3.60. The molecule has 0 aliphatic carbocycles. The van der Waals surface area contributed by atoms with Crippen LogP contribution in [0.2, 0.25) is 0 Å². The van der Waals surface area contributed by atoms with Crippen LogP contribution in [-0.4, -0.2) is 62.8 Å². The highest BCUT2D eigenvalue weighted by Crippen LogP contribution is 2.29. The summed E-state index contributed by atoms with van der Waals surface area (Å²) in [5, 5.41) is 0. The number of pyridine rings is 1. The van der Waals surface area contributed by atoms with Gasteiger partial charge in [-0.15, -0.1) is 4.40 Å². The van der Waals surface area contributed by atoms with Gasteiger partial charge in [0, 0.05) is 43.9 Å². The second kappa shape index (κ2) is 10.0. The molecule has 4 rings (SSSR count). The van der Waals surface area contributed by atoms with Gasteiger partial charge in [-0.05, 0) is 50.5 Å². The molecule has 182 valence electrons. The monoisotopic (exact) mass is 485 g/mol. The van der Waals surface area contributed by atoms with Crippen LogP contribution in [0.15, 0.2) is 40.9 Å². The molecular formula is C24H31N5O4S. The number of amidine groups is 1. The molecule has 1 aromatic heterocycles. The molecule has 2 N–H and O–H groups in total. The lowest BCUT2D eigenvalue weighted by atomic mass is 9.98. The average molecular weight is 486 g/mol. The smallest absolute Gasteiger partial charge is 0.259 e. The predicted octanol–water partition coefficient (Wildman–Crippen LogP) is 2.41. The molecule has 2 aliphatic heterocycles. The SMILES string of the molecule is CCN(CC)c1cc(C(=O)N2CCC[C@H](COc3cccc4c3C(N)=NS(=O)(=O)C4)C2)ccn1. The van der Waals surface area contributed by atoms with Crippen molar-refractivity contribution in [1.29, 1.82) is 0 Å². The summed E-state index contributed by atoms with van der Waals surface area (Å²) in [6.45, 7) is 7.49. The van der Waals surface area contributed by atoms with Gasteiger partial charge in [0.1, 0.15) is 17.4 Å². The van der Waals surface area contributed by atoms with E-state index in [4.69, 9.17) is 10.5 Å². The van der Waals surface area contributed by atoms with E-state index in [0.717, 1.165) is 31.7 Å². The zero-order chi connectivity index (χ0) is 24.3. The largest absolute Gasteiger partial charge is 0.492 e. The second-order valence-electron chi connectivity index (χ2n) is 8.64. The third kappa shape index (κ3) is 5.16. The van der Waals surface area contributed by atoms with Crippen LogP contribution in [0.4, 0.5) is 5.82 Å². The van der Waals surface area contributed by atoms with Crippen molar-refractivity contribution in [2.24, 2.45) is 16.0 Å². The van der Waals surface area contributed by atoms with Crippen LogP contribution in [0.3, 0.4) is 0 Å². The van der Waals surface area contributed by atoms with Gasteiger partial charge in [0.25, 0.3) is 15.9 Å². The number of hydrogen-bond donors (Lipinski definition) is 1. The van der Waals surface area contributed by atoms with Gasteiger partial charge in [-0.25, -0.2) is 13.4 Å². The standard InChI is InChI=1S/C24H31N5O4S/c1-3-28(4-2)21-13-18(10-11-26-21)24(30)29-12-6-7-17(14-29)15-33-20-9-5-8-19-16-34(31,32)27-23(25)22(19)20/h5,8-11,13,17H,3-4,6-7,12,14-16H2,1-2H3,(H2,25,27)/t17-/m0/s1. The summed E-state index contributed by atoms with van der Waals surface area (Å²) in [7, 11) is -3.60. The van der Waals surface area contributed by atoms with Gasteiger partial charge in [0.15, 0.2) is 0 Å². The van der Waals surface area contributed by atoms with Crippen molar-refractivity contribution in [2.75, 3.05) is 37.7 Å². The lowest BCUT2D eigenvalue weighted by Gasteiger charge is -2.33. The lowest BCUT2D eigenvalue weighted by molar-refractivity contribution is 0.0633. The number of fused-ring (bicyclic) bond motifs is 1. The molecule has 0 bridgehead atoms. The molecule has 0 unspecified atom stereocenters. The van der Waals surface area contributed by atoms with Gasteiger partial charge in [-0.3, -0.25) is 4.79 Å². The summed E-state index contributed by atoms with van der Waals surface area (Å²) in [5.41, 5.74) is 7.71. The van der Waals surface area contributed by atoms with Crippen molar-refractivity contribution < 1.29 is 17.9 Å². The number of benzene rings is 1. The summed E-state index contributed by atoms with van der Waals surface area (Å²) < 4.78 is 33.5. The summed E-state index contributed by atoms with van der Waals surface area (Å²) in [4.78, 5) is 21.6. The number of nitrogens with two attached hydrogens (primary N) is 1. The Bertz CT molecular complexity index is 1190. The number of nitrogens with zero attached hydrogens (tertiary/aromatic N) is 4. The number of carbonyl (C=O) groups excluding carboxylic acids is 1. The number of carbonyl (C=O) groups is 1. The molecule has 0 radical (unpaired) electrons. The van der Waals surface area contributed by atoms with Gasteiger partial charge < -0.3 is 20.3 Å². The molecule has 2 aromatic rings. The predicted molar refractivity (Wildman–Crippen MR) is 132 cm³/mol. The Morgan fingerprint density at radius 2 is 2.06 bits per heavy atom. The summed E-state index contributed by atoms with van der Waals surface area (Å²) >= 11 is 0. The van der Waals surface area contributed by atoms with Gasteiger partial charge >= 0.3 is 0 Å². The molecule has 1 amide bonds. The maximum Gasteiger partial charge on any atom is 0.259 e. The van der Waals surface area contributed by atoms with Gasteiger partial charge in [0.2, 0.25) is 0 Å². The number of likely N-dealkylation sites (tertiary alicyclic amines) is 1. The quantitative estimate of drug-likeness (QED) is 0.640. The fourth-order valence-electron chi connectivity index (χ4n) is 4.58. The molecule has 2 aliphatic rings. The van der Waals surface area contributed by atoms with Gasteiger partial charge in [-0.1, -0.05) is 12.1 Å². The van der Waals surface area contributed by atoms with Crippen LogP contribution in [0.25, 0.3) is 0 Å². The van der Waals surface area contributed by atoms with E-state index in [1.54, 1.807) is 30.5 Å². The van der Waals surface area contributed by atoms with Crippen LogP contribution < -0.4 is 15.4 Å². The fraction of sp³-hybridized carbons (Fsp3) is 0.458. The highest BCUT2D eigenvalue weighted by atomic mass is 32.2. The van der Waals surface area contributed by atoms with Crippen molar-refractivity contribution >= 4 is 27.6 Å². The first-order valence-corrected chi connectivity index (χ1v) is 13.3. The lowest BCUT2D eigenvalue weighted by Crippen LogP contribution is -2.41. The average Bonchev–Trinajstić information content (AvgIpc) is 2.82. The molecular weight excluding hydrogens is 454 g/mol. The molecule has 1 aromatic carbocycles. The van der Waals surface area contributed by atoms with Crippen molar-refractivity contribution in [2.45, 2.75) is 32.4 Å². The Kier molecular flexibility index (Phi) is 7.06. The van der Waals surface area contributed by atoms with E-state index >= 15 is 0 Å². The van der Waals surface area contributed by atoms with Gasteiger partial charge in [-0.2, -0.15) is 0 Å². The summed E-state index contributed by atoms with van der Waals surface area (Å²) in [6.07, 6.45) is 3.52. The first-order valence-electron chi connectivity index (χ1n) is 11.6. The summed E-state index contributed by atoms with van der Waals surface area (Å²) in [5.74, 6) is 1.26. The van der Waals surface area contributed by atoms with Crippen LogP contribution >= 0.6 is 0 Å². The van der Waals surface area contributed by atoms with E-state index in [1.807, 2.05) is 11.0 Å². The highest BCUT2D eigenvalue weighted by Gasteiger charge is 2.28. The van der Waals surface area contributed by atoms with E-state index in [1.165, 1.54) is 0 Å². The number of ether oxygens (including phenoxy) is 1. The fourth-order valence-corrected chi connectivity index (χ4v) is 5.67. The topological polar surface area (TPSA) is 118 Å². The Hall–Kier alpha value is -3.14. The molecule has 0 saturated carbocycles. The first kappa shape index (κ1) is 24.0. The number of rotatable bonds is 7. The van der Waals surface area contributed by atoms with E-state index in [-0.39, 0.29) is 23.4 Å². The minimum Gasteiger partial charge on any atom is -0.492 e. The number of aromatic nitrogens is 1. The van der Waals surface area contributed by atoms with E-state index in [0.29, 0.717) is 42.1 Å². The Labute approximate surface area is 200 Å². The molecule has 10 heteroatoms. The Morgan fingerprint density at radius 3 is 2.82 bits per heavy atom. The van der Waals surface area contributed by atoms with Crippen LogP contribution in [0, 0.1) is 5.92 Å². The number of amides is 1. The summed E-state index contributed by atoms with van der Waals surface area (Å²) in [6, 6.07) is 8.89. The molecule has 1 fully saturated rings. The van der Waals surface area contributed by atoms with Crippen molar-refractivity contribution in [3.8, 4) is 5.75 Å². The number of piperidine rings is 1. The van der Waals surface area contributed by atoms with Crippen molar-refractivity contribution in [1.82, 2.24) is 9.88 Å². The first-order chi connectivity index (χ1) is 16.3. The maximum atomic E-state index is 13.2. The zero-order valence-electron chi connectivity index (χ0n) is 19.6. The van der Waals surface area contributed by atoms with Crippen LogP contribution in [0.5, 0.6) is 5.75 Å². The van der Waals surface area contributed by atoms with E-state index in [9.17, 15) is 13.2 Å². The minimum absolute atomic E-state index is 0.000758. The number of sulfonamides is 1. The maximum absolute atomic E-state index is 13.2. The molecule has 3 heterocycles. The van der Waals surface area contributed by atoms with Crippen molar-refractivity contribution in [3.05, 3.63) is 53.2 Å². The molecule has 1 saturated heterocycles. The highest BCUT2D eigenvalue weighted by molar-refractivity contribution is 7.89. The number of anilines is 1. The molecule has 1 atom stereocenters. The second-order valence-corrected chi connectivity index (χ2v) is 10.3. The normalized spacial score (nSPS) is 19.2. The number of hydrogen-bond acceptors (Lipinski definition) is 7. The molecule has 9 nitrogen and oxygen atoms in total. The third-order valence-corrected chi connectivity index (χ3v) is 7.46. The van der Waals surface area contributed by atoms with Crippen LogP contribution in [-0.2, 0) is 15.8 Å². The van der Waals surface area contributed by atoms with Crippen molar-refractivity contribution in [3.63, 3.8) is 0 Å². The Morgan fingerprint density at radius 1 is 1.26 bits per heavy atom. The molecule has 0 spiro atoms.